The molecule has 0 bridgehead atoms. The zero-order valence-corrected chi connectivity index (χ0v) is 24.0. The van der Waals surface area contributed by atoms with Gasteiger partial charge in [-0.1, -0.05) is 32.0 Å². The molecule has 0 saturated heterocycles. The second-order valence-corrected chi connectivity index (χ2v) is 10.6. The molecule has 1 unspecified atom stereocenters. The monoisotopic (exact) mass is 525 g/mol. The van der Waals surface area contributed by atoms with Crippen molar-refractivity contribution in [1.82, 2.24) is 9.55 Å². The second kappa shape index (κ2) is 10.8. The highest BCUT2D eigenvalue weighted by molar-refractivity contribution is 5.98. The number of benzene rings is 2. The summed E-state index contributed by atoms with van der Waals surface area (Å²) < 4.78 is 15.4. The van der Waals surface area contributed by atoms with Gasteiger partial charge in [0.2, 0.25) is 5.60 Å². The first-order chi connectivity index (χ1) is 18.9. The zero-order chi connectivity index (χ0) is 27.7. The molecule has 3 heterocycles. The number of carbonyl (C=O) groups is 1. The topological polar surface area (TPSA) is 56.6 Å². The molecule has 1 atom stereocenters. The first kappa shape index (κ1) is 26.8. The van der Waals surface area contributed by atoms with E-state index in [9.17, 15) is 4.79 Å². The van der Waals surface area contributed by atoms with E-state index in [0.29, 0.717) is 23.8 Å². The van der Waals surface area contributed by atoms with Gasteiger partial charge in [0, 0.05) is 65.3 Å². The van der Waals surface area contributed by atoms with Crippen molar-refractivity contribution in [1.29, 1.82) is 0 Å². The lowest BCUT2D eigenvalue weighted by atomic mass is 9.80. The van der Waals surface area contributed by atoms with Crippen molar-refractivity contribution in [3.05, 3.63) is 88.9 Å². The lowest BCUT2D eigenvalue weighted by molar-refractivity contribution is 0.0237. The Kier molecular flexibility index (Phi) is 7.39. The minimum Gasteiger partial charge on any atom is -0.493 e. The van der Waals surface area contributed by atoms with Crippen molar-refractivity contribution in [2.24, 2.45) is 5.92 Å². The highest BCUT2D eigenvalue weighted by atomic mass is 16.6. The number of aryl methyl sites for hydroxylation is 1. The lowest BCUT2D eigenvalue weighted by Gasteiger charge is -2.32. The van der Waals surface area contributed by atoms with E-state index in [2.05, 4.69) is 87.4 Å². The van der Waals surface area contributed by atoms with Gasteiger partial charge in [0.15, 0.2) is 0 Å². The standard InChI is InChI=1S/C33H39N3O3/c1-7-35(8-2)24-16-17-27(29(21-24)38-20-18-22(4)5)33(31-26(32(37)39-33)14-12-19-34-31)30-23(6)36(9-3)28-15-11-10-13-25(28)30/h10-17,19,21-22H,7-9,18,20H2,1-6H3. The normalized spacial score (nSPS) is 16.5. The number of nitrogens with zero attached hydrogens (tertiary/aromatic N) is 3. The fraction of sp³-hybridized carbons (Fsp3) is 0.394. The smallest absolute Gasteiger partial charge is 0.341 e. The number of para-hydroxylation sites is 1. The summed E-state index contributed by atoms with van der Waals surface area (Å²) in [7, 11) is 0. The third-order valence-electron chi connectivity index (χ3n) is 7.93. The van der Waals surface area contributed by atoms with Gasteiger partial charge < -0.3 is 18.9 Å². The van der Waals surface area contributed by atoms with Crippen LogP contribution < -0.4 is 9.64 Å². The van der Waals surface area contributed by atoms with Crippen LogP contribution in [0.15, 0.2) is 60.8 Å². The molecule has 204 valence electrons. The van der Waals surface area contributed by atoms with E-state index in [1.165, 1.54) is 0 Å². The summed E-state index contributed by atoms with van der Waals surface area (Å²) in [5.41, 5.74) is 4.84. The quantitative estimate of drug-likeness (QED) is 0.207. The number of ether oxygens (including phenoxy) is 2. The highest BCUT2D eigenvalue weighted by Crippen LogP contribution is 2.52. The number of carbonyl (C=O) groups excluding carboxylic acids is 1. The molecule has 0 saturated carbocycles. The Morgan fingerprint density at radius 1 is 1.05 bits per heavy atom. The summed E-state index contributed by atoms with van der Waals surface area (Å²) >= 11 is 0. The van der Waals surface area contributed by atoms with Gasteiger partial charge in [-0.05, 0) is 70.4 Å². The Labute approximate surface area is 231 Å². The van der Waals surface area contributed by atoms with Gasteiger partial charge in [0.1, 0.15) is 11.4 Å². The summed E-state index contributed by atoms with van der Waals surface area (Å²) in [6, 6.07) is 18.2. The van der Waals surface area contributed by atoms with Gasteiger partial charge >= 0.3 is 5.97 Å². The number of rotatable bonds is 10. The van der Waals surface area contributed by atoms with E-state index >= 15 is 0 Å². The molecule has 0 spiro atoms. The minimum absolute atomic E-state index is 0.369. The number of cyclic esters (lactones) is 1. The van der Waals surface area contributed by atoms with Crippen LogP contribution in [0, 0.1) is 12.8 Å². The van der Waals surface area contributed by atoms with Crippen LogP contribution in [0.25, 0.3) is 10.9 Å². The van der Waals surface area contributed by atoms with E-state index in [4.69, 9.17) is 14.5 Å². The van der Waals surface area contributed by atoms with Crippen LogP contribution in [0.4, 0.5) is 5.69 Å². The number of aromatic nitrogens is 2. The van der Waals surface area contributed by atoms with E-state index in [1.807, 2.05) is 12.1 Å². The maximum Gasteiger partial charge on any atom is 0.341 e. The third-order valence-corrected chi connectivity index (χ3v) is 7.93. The molecule has 5 rings (SSSR count). The van der Waals surface area contributed by atoms with Crippen LogP contribution in [-0.2, 0) is 16.9 Å². The van der Waals surface area contributed by atoms with Crippen molar-refractivity contribution in [2.75, 3.05) is 24.6 Å². The summed E-state index contributed by atoms with van der Waals surface area (Å²) in [6.45, 7) is 16.1. The first-order valence-corrected chi connectivity index (χ1v) is 14.2. The lowest BCUT2D eigenvalue weighted by Crippen LogP contribution is -2.32. The van der Waals surface area contributed by atoms with Gasteiger partial charge in [-0.15, -0.1) is 0 Å². The minimum atomic E-state index is -1.24. The largest absolute Gasteiger partial charge is 0.493 e. The second-order valence-electron chi connectivity index (χ2n) is 10.6. The zero-order valence-electron chi connectivity index (χ0n) is 24.0. The van der Waals surface area contributed by atoms with E-state index in [-0.39, 0.29) is 5.97 Å². The van der Waals surface area contributed by atoms with Gasteiger partial charge in [-0.3, -0.25) is 4.98 Å². The SMILES string of the molecule is CCN(CC)c1ccc(C2(c3c(C)n(CC)c4ccccc34)OC(=O)c3cccnc32)c(OCCC(C)C)c1. The molecule has 2 aromatic carbocycles. The van der Waals surface area contributed by atoms with Crippen molar-refractivity contribution < 1.29 is 14.3 Å². The Hall–Kier alpha value is -3.80. The maximum absolute atomic E-state index is 13.5. The molecule has 0 radical (unpaired) electrons. The first-order valence-electron chi connectivity index (χ1n) is 14.2. The Morgan fingerprint density at radius 2 is 1.82 bits per heavy atom. The van der Waals surface area contributed by atoms with Crippen LogP contribution in [0.1, 0.15) is 73.9 Å². The van der Waals surface area contributed by atoms with E-state index in [1.54, 1.807) is 12.3 Å². The number of hydrogen-bond acceptors (Lipinski definition) is 5. The third kappa shape index (κ3) is 4.36. The summed E-state index contributed by atoms with van der Waals surface area (Å²) in [5, 5.41) is 1.05. The fourth-order valence-corrected chi connectivity index (χ4v) is 5.97. The molecule has 2 aromatic heterocycles. The Bertz CT molecular complexity index is 1500. The average molecular weight is 526 g/mol. The van der Waals surface area contributed by atoms with Gasteiger partial charge in [0.25, 0.3) is 0 Å². The van der Waals surface area contributed by atoms with Gasteiger partial charge in [0.05, 0.1) is 12.2 Å². The summed E-state index contributed by atoms with van der Waals surface area (Å²) in [5.74, 6) is 0.857. The van der Waals surface area contributed by atoms with Crippen molar-refractivity contribution in [3.8, 4) is 5.75 Å². The Morgan fingerprint density at radius 3 is 2.54 bits per heavy atom. The molecule has 6 nitrogen and oxygen atoms in total. The molecule has 1 aliphatic heterocycles. The molecular formula is C33H39N3O3. The Balaban J connectivity index is 1.85. The molecule has 0 N–H and O–H groups in total. The molecule has 4 aromatic rings. The van der Waals surface area contributed by atoms with Crippen molar-refractivity contribution in [3.63, 3.8) is 0 Å². The number of hydrogen-bond donors (Lipinski definition) is 0. The van der Waals surface area contributed by atoms with Crippen LogP contribution in [0.2, 0.25) is 0 Å². The molecule has 39 heavy (non-hydrogen) atoms. The molecule has 0 fully saturated rings. The van der Waals surface area contributed by atoms with Crippen LogP contribution in [-0.4, -0.2) is 35.2 Å². The van der Waals surface area contributed by atoms with E-state index in [0.717, 1.165) is 65.2 Å². The molecule has 1 aliphatic rings. The van der Waals surface area contributed by atoms with Crippen LogP contribution in [0.3, 0.4) is 0 Å². The van der Waals surface area contributed by atoms with E-state index < -0.39 is 5.60 Å². The molecule has 0 aliphatic carbocycles. The fourth-order valence-electron chi connectivity index (χ4n) is 5.97. The van der Waals surface area contributed by atoms with Gasteiger partial charge in [-0.25, -0.2) is 4.79 Å². The predicted octanol–water partition coefficient (Wildman–Crippen LogP) is 7.10. The molecule has 0 amide bonds. The van der Waals surface area contributed by atoms with Crippen molar-refractivity contribution in [2.45, 2.75) is 60.1 Å². The number of esters is 1. The van der Waals surface area contributed by atoms with Gasteiger partial charge in [-0.2, -0.15) is 0 Å². The van der Waals surface area contributed by atoms with Crippen molar-refractivity contribution >= 4 is 22.6 Å². The number of anilines is 1. The van der Waals surface area contributed by atoms with Crippen LogP contribution >= 0.6 is 0 Å². The summed E-state index contributed by atoms with van der Waals surface area (Å²) in [6.07, 6.45) is 2.66. The highest BCUT2D eigenvalue weighted by Gasteiger charge is 2.54. The predicted molar refractivity (Wildman–Crippen MR) is 157 cm³/mol. The summed E-state index contributed by atoms with van der Waals surface area (Å²) in [4.78, 5) is 20.6. The average Bonchev–Trinajstić information content (AvgIpc) is 3.40. The maximum atomic E-state index is 13.5. The molecule has 6 heteroatoms. The van der Waals surface area contributed by atoms with Crippen LogP contribution in [0.5, 0.6) is 5.75 Å². The number of fused-ring (bicyclic) bond motifs is 2. The molecular weight excluding hydrogens is 486 g/mol. The number of pyridine rings is 1.